The molecule has 7 heteroatoms. The predicted molar refractivity (Wildman–Crippen MR) is 116 cm³/mol. The average Bonchev–Trinajstić information content (AvgIpc) is 3.14. The number of nitrogens with zero attached hydrogens (tertiary/aromatic N) is 4. The molecule has 1 saturated carbocycles. The van der Waals surface area contributed by atoms with E-state index in [1.807, 2.05) is 12.5 Å². The van der Waals surface area contributed by atoms with Crippen LogP contribution in [0.2, 0.25) is 0 Å². The number of rotatable bonds is 4. The van der Waals surface area contributed by atoms with Gasteiger partial charge in [0.15, 0.2) is 5.96 Å². The number of hydrogen-bond acceptors (Lipinski definition) is 3. The van der Waals surface area contributed by atoms with Gasteiger partial charge in [-0.05, 0) is 32.1 Å². The summed E-state index contributed by atoms with van der Waals surface area (Å²) in [5.74, 6) is 1.56. The predicted octanol–water partition coefficient (Wildman–Crippen LogP) is 3.04. The molecule has 0 spiro atoms. The van der Waals surface area contributed by atoms with E-state index in [2.05, 4.69) is 39.8 Å². The minimum absolute atomic E-state index is 0. The first-order chi connectivity index (χ1) is 12.1. The molecule has 1 aromatic heterocycles. The van der Waals surface area contributed by atoms with Gasteiger partial charge in [0.1, 0.15) is 0 Å². The number of aliphatic hydroxyl groups is 1. The van der Waals surface area contributed by atoms with Crippen molar-refractivity contribution in [3.05, 3.63) is 18.7 Å². The van der Waals surface area contributed by atoms with E-state index in [-0.39, 0.29) is 24.0 Å². The number of aromatic nitrogens is 2. The van der Waals surface area contributed by atoms with E-state index in [1.165, 1.54) is 6.42 Å². The first kappa shape index (κ1) is 21.5. The van der Waals surface area contributed by atoms with Crippen molar-refractivity contribution in [1.29, 1.82) is 0 Å². The number of nitrogens with one attached hydrogen (secondary N) is 1. The van der Waals surface area contributed by atoms with E-state index in [0.717, 1.165) is 57.7 Å². The van der Waals surface area contributed by atoms with Crippen molar-refractivity contribution < 1.29 is 5.11 Å². The van der Waals surface area contributed by atoms with Crippen molar-refractivity contribution in [3.63, 3.8) is 0 Å². The van der Waals surface area contributed by atoms with Gasteiger partial charge in [0.25, 0.3) is 0 Å². The maximum Gasteiger partial charge on any atom is 0.194 e. The summed E-state index contributed by atoms with van der Waals surface area (Å²) in [6.07, 6.45) is 12.2. The van der Waals surface area contributed by atoms with Crippen LogP contribution in [0.4, 0.5) is 0 Å². The monoisotopic (exact) mass is 475 g/mol. The van der Waals surface area contributed by atoms with Gasteiger partial charge in [-0.15, -0.1) is 24.0 Å². The minimum Gasteiger partial charge on any atom is -0.388 e. The Hall–Kier alpha value is -0.830. The molecule has 1 saturated heterocycles. The lowest BCUT2D eigenvalue weighted by Gasteiger charge is -2.39. The Morgan fingerprint density at radius 3 is 2.77 bits per heavy atom. The lowest BCUT2D eigenvalue weighted by molar-refractivity contribution is 0.0128. The second-order valence-electron chi connectivity index (χ2n) is 7.74. The molecule has 3 rings (SSSR count). The third-order valence-electron chi connectivity index (χ3n) is 5.77. The molecule has 2 aliphatic rings. The van der Waals surface area contributed by atoms with Crippen LogP contribution in [0, 0.1) is 5.92 Å². The maximum atomic E-state index is 10.8. The SMILES string of the molecule is CCNC(=NCC1(O)CCCCC1)N1CCC(C)C(n2ccnc2)C1.I. The highest BCUT2D eigenvalue weighted by molar-refractivity contribution is 14.0. The number of guanidine groups is 1. The minimum atomic E-state index is -0.605. The van der Waals surface area contributed by atoms with Gasteiger partial charge in [0.05, 0.1) is 24.5 Å². The molecule has 2 N–H and O–H groups in total. The van der Waals surface area contributed by atoms with Crippen LogP contribution in [0.3, 0.4) is 0 Å². The number of hydrogen-bond donors (Lipinski definition) is 2. The molecule has 0 aromatic carbocycles. The van der Waals surface area contributed by atoms with Gasteiger partial charge in [-0.3, -0.25) is 4.99 Å². The van der Waals surface area contributed by atoms with Gasteiger partial charge in [0.2, 0.25) is 0 Å². The molecule has 2 atom stereocenters. The first-order valence-corrected chi connectivity index (χ1v) is 9.84. The van der Waals surface area contributed by atoms with E-state index < -0.39 is 5.60 Å². The van der Waals surface area contributed by atoms with Gasteiger partial charge in [-0.2, -0.15) is 0 Å². The fourth-order valence-corrected chi connectivity index (χ4v) is 4.11. The Labute approximate surface area is 174 Å². The van der Waals surface area contributed by atoms with Gasteiger partial charge >= 0.3 is 0 Å². The third kappa shape index (κ3) is 5.34. The molecule has 0 bridgehead atoms. The summed E-state index contributed by atoms with van der Waals surface area (Å²) in [7, 11) is 0. The largest absolute Gasteiger partial charge is 0.388 e. The zero-order valence-electron chi connectivity index (χ0n) is 16.1. The van der Waals surface area contributed by atoms with Crippen LogP contribution >= 0.6 is 24.0 Å². The Morgan fingerprint density at radius 2 is 2.12 bits per heavy atom. The number of piperidine rings is 1. The highest BCUT2D eigenvalue weighted by Crippen LogP contribution is 2.29. The highest BCUT2D eigenvalue weighted by Gasteiger charge is 2.31. The molecule has 6 nitrogen and oxygen atoms in total. The van der Waals surface area contributed by atoms with Crippen LogP contribution in [-0.4, -0.2) is 57.3 Å². The molecule has 148 valence electrons. The van der Waals surface area contributed by atoms with Crippen molar-refractivity contribution in [3.8, 4) is 0 Å². The molecule has 1 aliphatic heterocycles. The average molecular weight is 475 g/mol. The Morgan fingerprint density at radius 1 is 1.35 bits per heavy atom. The molecular formula is C19H34IN5O. The molecular weight excluding hydrogens is 441 g/mol. The van der Waals surface area contributed by atoms with Gasteiger partial charge in [0, 0.05) is 32.0 Å². The van der Waals surface area contributed by atoms with Crippen LogP contribution < -0.4 is 5.32 Å². The summed E-state index contributed by atoms with van der Waals surface area (Å²) in [5, 5.41) is 14.2. The van der Waals surface area contributed by atoms with Crippen LogP contribution in [0.1, 0.15) is 58.4 Å². The zero-order chi connectivity index (χ0) is 17.7. The Bertz CT molecular complexity index is 556. The summed E-state index contributed by atoms with van der Waals surface area (Å²) < 4.78 is 2.22. The standard InChI is InChI=1S/C19H33N5O.HI/c1-3-21-18(22-14-19(25)8-5-4-6-9-19)23-11-7-16(2)17(13-23)24-12-10-20-15-24;/h10,12,15-17,25H,3-9,11,13-14H2,1-2H3,(H,21,22);1H. The third-order valence-corrected chi connectivity index (χ3v) is 5.77. The van der Waals surface area contributed by atoms with Crippen LogP contribution in [-0.2, 0) is 0 Å². The van der Waals surface area contributed by atoms with Gasteiger partial charge in [-0.25, -0.2) is 4.98 Å². The fraction of sp³-hybridized carbons (Fsp3) is 0.789. The molecule has 1 aromatic rings. The highest BCUT2D eigenvalue weighted by atomic mass is 127. The summed E-state index contributed by atoms with van der Waals surface area (Å²) >= 11 is 0. The molecule has 2 unspecified atom stereocenters. The molecule has 2 heterocycles. The van der Waals surface area contributed by atoms with E-state index in [1.54, 1.807) is 0 Å². The summed E-state index contributed by atoms with van der Waals surface area (Å²) in [5.41, 5.74) is -0.605. The lowest BCUT2D eigenvalue weighted by atomic mass is 9.85. The molecule has 2 fully saturated rings. The number of halogens is 1. The second kappa shape index (κ2) is 9.92. The van der Waals surface area contributed by atoms with Crippen LogP contribution in [0.15, 0.2) is 23.7 Å². The smallest absolute Gasteiger partial charge is 0.194 e. The number of imidazole rings is 1. The summed E-state index contributed by atoms with van der Waals surface area (Å²) in [6.45, 7) is 7.72. The van der Waals surface area contributed by atoms with E-state index in [0.29, 0.717) is 18.5 Å². The first-order valence-electron chi connectivity index (χ1n) is 9.84. The van der Waals surface area contributed by atoms with Crippen molar-refractivity contribution in [2.75, 3.05) is 26.2 Å². The van der Waals surface area contributed by atoms with Crippen LogP contribution in [0.5, 0.6) is 0 Å². The Balaban J connectivity index is 0.00000243. The Kier molecular flexibility index (Phi) is 8.19. The summed E-state index contributed by atoms with van der Waals surface area (Å²) in [6, 6.07) is 0.415. The van der Waals surface area contributed by atoms with Crippen molar-refractivity contribution in [1.82, 2.24) is 19.8 Å². The zero-order valence-corrected chi connectivity index (χ0v) is 18.4. The fourth-order valence-electron chi connectivity index (χ4n) is 4.11. The molecule has 0 amide bonds. The second-order valence-corrected chi connectivity index (χ2v) is 7.74. The van der Waals surface area contributed by atoms with Gasteiger partial charge in [-0.1, -0.05) is 26.2 Å². The van der Waals surface area contributed by atoms with Gasteiger partial charge < -0.3 is 19.9 Å². The number of likely N-dealkylation sites (tertiary alicyclic amines) is 1. The van der Waals surface area contributed by atoms with Crippen molar-refractivity contribution >= 4 is 29.9 Å². The van der Waals surface area contributed by atoms with Crippen LogP contribution in [0.25, 0.3) is 0 Å². The topological polar surface area (TPSA) is 65.7 Å². The summed E-state index contributed by atoms with van der Waals surface area (Å²) in [4.78, 5) is 11.4. The normalized spacial score (nSPS) is 26.3. The van der Waals surface area contributed by atoms with E-state index in [4.69, 9.17) is 4.99 Å². The van der Waals surface area contributed by atoms with Crippen molar-refractivity contribution in [2.45, 2.75) is 64.0 Å². The van der Waals surface area contributed by atoms with E-state index >= 15 is 0 Å². The number of aliphatic imine (C=N–C) groups is 1. The van der Waals surface area contributed by atoms with Crippen molar-refractivity contribution in [2.24, 2.45) is 10.9 Å². The molecule has 0 radical (unpaired) electrons. The lowest BCUT2D eigenvalue weighted by Crippen LogP contribution is -2.49. The molecule has 1 aliphatic carbocycles. The maximum absolute atomic E-state index is 10.8. The quantitative estimate of drug-likeness (QED) is 0.399. The van der Waals surface area contributed by atoms with E-state index in [9.17, 15) is 5.11 Å². The molecule has 26 heavy (non-hydrogen) atoms.